The number of amides is 2. The molecule has 3 aromatic rings. The number of carboxylic acid groups (broad SMARTS) is 1. The normalized spacial score (nSPS) is 16.7. The molecule has 0 unspecified atom stereocenters. The lowest BCUT2D eigenvalue weighted by molar-refractivity contribution is -0.135. The van der Waals surface area contributed by atoms with Gasteiger partial charge in [-0.1, -0.05) is 54.6 Å². The summed E-state index contributed by atoms with van der Waals surface area (Å²) in [4.78, 5) is 39.0. The van der Waals surface area contributed by atoms with E-state index in [1.165, 1.54) is 0 Å². The molecule has 1 fully saturated rings. The first-order valence-corrected chi connectivity index (χ1v) is 11.7. The van der Waals surface area contributed by atoms with Crippen LogP contribution in [0.5, 0.6) is 0 Å². The Morgan fingerprint density at radius 2 is 1.54 bits per heavy atom. The van der Waals surface area contributed by atoms with E-state index >= 15 is 0 Å². The van der Waals surface area contributed by atoms with E-state index in [0.29, 0.717) is 25.9 Å². The maximum Gasteiger partial charge on any atom is 0.408 e. The molecule has 1 heterocycles. The average Bonchev–Trinajstić information content (AvgIpc) is 3.40. The van der Waals surface area contributed by atoms with Gasteiger partial charge in [0, 0.05) is 19.0 Å². The van der Waals surface area contributed by atoms with Crippen LogP contribution in [-0.2, 0) is 22.6 Å². The molecule has 7 nitrogen and oxygen atoms in total. The van der Waals surface area contributed by atoms with Crippen molar-refractivity contribution in [2.24, 2.45) is 0 Å². The number of nitrogens with one attached hydrogen (secondary N) is 1. The molecule has 2 amide bonds. The summed E-state index contributed by atoms with van der Waals surface area (Å²) >= 11 is 0. The molecule has 1 aliphatic heterocycles. The highest BCUT2D eigenvalue weighted by Crippen LogP contribution is 2.45. The number of hydrogen-bond acceptors (Lipinski definition) is 4. The summed E-state index contributed by atoms with van der Waals surface area (Å²) in [6.07, 6.45) is 0.523. The lowest BCUT2D eigenvalue weighted by atomic mass is 9.98. The highest BCUT2D eigenvalue weighted by molar-refractivity contribution is 5.93. The minimum absolute atomic E-state index is 0.0458. The predicted molar refractivity (Wildman–Crippen MR) is 128 cm³/mol. The van der Waals surface area contributed by atoms with Crippen molar-refractivity contribution >= 4 is 18.0 Å². The molecule has 35 heavy (non-hydrogen) atoms. The Morgan fingerprint density at radius 3 is 2.17 bits per heavy atom. The number of aromatic carboxylic acids is 1. The zero-order valence-electron chi connectivity index (χ0n) is 19.0. The van der Waals surface area contributed by atoms with E-state index in [4.69, 9.17) is 4.74 Å². The van der Waals surface area contributed by atoms with Crippen LogP contribution in [0.15, 0.2) is 66.7 Å². The van der Waals surface area contributed by atoms with Crippen LogP contribution >= 0.6 is 0 Å². The number of carbonyl (C=O) groups is 3. The zero-order valence-corrected chi connectivity index (χ0v) is 19.0. The van der Waals surface area contributed by atoms with Gasteiger partial charge < -0.3 is 20.1 Å². The molecule has 0 radical (unpaired) electrons. The largest absolute Gasteiger partial charge is 0.478 e. The molecular formula is C28H24N2O5. The van der Waals surface area contributed by atoms with Gasteiger partial charge in [0.05, 0.1) is 5.56 Å². The molecule has 3 aromatic carbocycles. The number of ether oxygens (including phenoxy) is 1. The third-order valence-electron chi connectivity index (χ3n) is 7.31. The summed E-state index contributed by atoms with van der Waals surface area (Å²) in [5.41, 5.74) is 5.60. The van der Waals surface area contributed by atoms with Gasteiger partial charge in [-0.15, -0.1) is 0 Å². The predicted octanol–water partition coefficient (Wildman–Crippen LogP) is 4.30. The van der Waals surface area contributed by atoms with Gasteiger partial charge in [-0.2, -0.15) is 0 Å². The molecule has 0 aromatic heterocycles. The van der Waals surface area contributed by atoms with E-state index in [1.54, 1.807) is 23.1 Å². The Kier molecular flexibility index (Phi) is 4.88. The van der Waals surface area contributed by atoms with Crippen molar-refractivity contribution in [1.82, 2.24) is 10.2 Å². The molecule has 0 bridgehead atoms. The minimum Gasteiger partial charge on any atom is -0.478 e. The minimum atomic E-state index is -0.992. The van der Waals surface area contributed by atoms with Crippen molar-refractivity contribution in [1.29, 1.82) is 0 Å². The number of carboxylic acids is 1. The Balaban J connectivity index is 1.11. The number of hydrogen-bond donors (Lipinski definition) is 2. The fourth-order valence-corrected chi connectivity index (χ4v) is 5.32. The highest BCUT2D eigenvalue weighted by Gasteiger charge is 2.54. The summed E-state index contributed by atoms with van der Waals surface area (Å²) in [7, 11) is 0. The van der Waals surface area contributed by atoms with Crippen LogP contribution < -0.4 is 5.32 Å². The van der Waals surface area contributed by atoms with Crippen molar-refractivity contribution in [2.45, 2.75) is 37.4 Å². The quantitative estimate of drug-likeness (QED) is 0.582. The van der Waals surface area contributed by atoms with Gasteiger partial charge in [0.1, 0.15) is 12.1 Å². The van der Waals surface area contributed by atoms with Crippen LogP contribution in [0.2, 0.25) is 0 Å². The first-order chi connectivity index (χ1) is 16.9. The van der Waals surface area contributed by atoms with Crippen molar-refractivity contribution in [3.63, 3.8) is 0 Å². The molecule has 6 rings (SSSR count). The standard InChI is InChI=1S/C28H24N2O5/c31-25(32)17-9-10-18-14-30(15-19(18)13-17)26(33)28(11-12-28)29-27(34)35-16-24-22-7-3-1-5-20(22)21-6-2-4-8-23(21)24/h1-10,13,24H,11-12,14-16H2,(H,29,34)(H,31,32). The topological polar surface area (TPSA) is 95.9 Å². The molecule has 3 aliphatic rings. The van der Waals surface area contributed by atoms with Gasteiger partial charge in [-0.3, -0.25) is 4.79 Å². The zero-order chi connectivity index (χ0) is 24.2. The average molecular weight is 469 g/mol. The molecular weight excluding hydrogens is 444 g/mol. The Morgan fingerprint density at radius 1 is 0.914 bits per heavy atom. The number of nitrogens with zero attached hydrogens (tertiary/aromatic N) is 1. The van der Waals surface area contributed by atoms with Crippen LogP contribution in [0.25, 0.3) is 11.1 Å². The van der Waals surface area contributed by atoms with Crippen LogP contribution in [0, 0.1) is 0 Å². The van der Waals surface area contributed by atoms with E-state index < -0.39 is 17.6 Å². The number of fused-ring (bicyclic) bond motifs is 4. The van der Waals surface area contributed by atoms with Gasteiger partial charge in [0.25, 0.3) is 0 Å². The van der Waals surface area contributed by atoms with Crippen LogP contribution in [0.1, 0.15) is 51.4 Å². The van der Waals surface area contributed by atoms with Crippen molar-refractivity contribution in [2.75, 3.05) is 6.61 Å². The second-order valence-corrected chi connectivity index (χ2v) is 9.48. The third kappa shape index (κ3) is 3.64. The SMILES string of the molecule is O=C(NC1(C(=O)N2Cc3ccc(C(=O)O)cc3C2)CC1)OCC1c2ccccc2-c2ccccc21. The molecule has 2 aliphatic carbocycles. The smallest absolute Gasteiger partial charge is 0.408 e. The van der Waals surface area contributed by atoms with Gasteiger partial charge in [0.15, 0.2) is 0 Å². The van der Waals surface area contributed by atoms with Gasteiger partial charge in [-0.05, 0) is 58.4 Å². The lowest BCUT2D eigenvalue weighted by Gasteiger charge is -2.24. The Bertz CT molecular complexity index is 1330. The Labute approximate surface area is 202 Å². The van der Waals surface area contributed by atoms with Gasteiger partial charge in [0.2, 0.25) is 5.91 Å². The second-order valence-electron chi connectivity index (χ2n) is 9.48. The van der Waals surface area contributed by atoms with Crippen molar-refractivity contribution < 1.29 is 24.2 Å². The second kappa shape index (κ2) is 7.98. The summed E-state index contributed by atoms with van der Waals surface area (Å²) in [6.45, 7) is 0.933. The number of carbonyl (C=O) groups excluding carboxylic acids is 2. The van der Waals surface area contributed by atoms with Crippen LogP contribution in [0.4, 0.5) is 4.79 Å². The van der Waals surface area contributed by atoms with E-state index in [0.717, 1.165) is 33.4 Å². The molecule has 176 valence electrons. The summed E-state index contributed by atoms with van der Waals surface area (Å²) in [5, 5.41) is 12.1. The van der Waals surface area contributed by atoms with E-state index in [2.05, 4.69) is 29.6 Å². The van der Waals surface area contributed by atoms with Gasteiger partial charge in [-0.25, -0.2) is 9.59 Å². The first-order valence-electron chi connectivity index (χ1n) is 11.7. The molecule has 0 spiro atoms. The maximum atomic E-state index is 13.3. The molecule has 7 heteroatoms. The number of benzene rings is 3. The summed E-state index contributed by atoms with van der Waals surface area (Å²) < 4.78 is 5.65. The number of rotatable bonds is 5. The molecule has 0 atom stereocenters. The third-order valence-corrected chi connectivity index (χ3v) is 7.31. The fourth-order valence-electron chi connectivity index (χ4n) is 5.32. The molecule has 1 saturated carbocycles. The van der Waals surface area contributed by atoms with Crippen LogP contribution in [0.3, 0.4) is 0 Å². The molecule has 0 saturated heterocycles. The van der Waals surface area contributed by atoms with Crippen molar-refractivity contribution in [3.05, 3.63) is 94.5 Å². The Hall–Kier alpha value is -4.13. The first kappa shape index (κ1) is 21.4. The van der Waals surface area contributed by atoms with Crippen molar-refractivity contribution in [3.8, 4) is 11.1 Å². The monoisotopic (exact) mass is 468 g/mol. The van der Waals surface area contributed by atoms with Crippen LogP contribution in [-0.4, -0.2) is 40.1 Å². The summed E-state index contributed by atoms with van der Waals surface area (Å²) in [5.74, 6) is -1.19. The van der Waals surface area contributed by atoms with Gasteiger partial charge >= 0.3 is 12.1 Å². The summed E-state index contributed by atoms with van der Waals surface area (Å²) in [6, 6.07) is 21.2. The van der Waals surface area contributed by atoms with E-state index in [9.17, 15) is 19.5 Å². The lowest BCUT2D eigenvalue weighted by Crippen LogP contribution is -2.49. The van der Waals surface area contributed by atoms with E-state index in [1.807, 2.05) is 24.3 Å². The maximum absolute atomic E-state index is 13.3. The molecule has 2 N–H and O–H groups in total. The van der Waals surface area contributed by atoms with E-state index in [-0.39, 0.29) is 24.0 Å². The highest BCUT2D eigenvalue weighted by atomic mass is 16.5. The number of alkyl carbamates (subject to hydrolysis) is 1. The fraction of sp³-hybridized carbons (Fsp3) is 0.250.